The molecule has 2 N–H and O–H groups in total. The van der Waals surface area contributed by atoms with E-state index in [9.17, 15) is 14.7 Å². The van der Waals surface area contributed by atoms with Crippen molar-refractivity contribution in [1.29, 1.82) is 0 Å². The van der Waals surface area contributed by atoms with Crippen LogP contribution in [0.15, 0.2) is 0 Å². The van der Waals surface area contributed by atoms with Crippen LogP contribution in [-0.4, -0.2) is 22.5 Å². The number of hydrogen-bond donors (Lipinski definition) is 2. The lowest BCUT2D eigenvalue weighted by Crippen LogP contribution is -2.54. The van der Waals surface area contributed by atoms with Gasteiger partial charge in [0.15, 0.2) is 0 Å². The van der Waals surface area contributed by atoms with E-state index in [4.69, 9.17) is 0 Å². The number of carbonyl (C=O) groups is 2. The lowest BCUT2D eigenvalue weighted by atomic mass is 9.86. The molecule has 3 atom stereocenters. The Hall–Kier alpha value is -1.06. The molecule has 3 fully saturated rings. The number of rotatable bonds is 3. The molecule has 0 radical (unpaired) electrons. The minimum atomic E-state index is -0.959. The number of carbonyl (C=O) groups excluding carboxylic acids is 1. The molecular weight excluding hydrogens is 230 g/mol. The van der Waals surface area contributed by atoms with Crippen molar-refractivity contribution in [1.82, 2.24) is 5.32 Å². The van der Waals surface area contributed by atoms with E-state index in [0.29, 0.717) is 18.8 Å². The SMILES string of the molecule is O=C(NC1(C(=O)O)CCCC1)C1CC2CCC1C2. The summed E-state index contributed by atoms with van der Waals surface area (Å²) in [5, 5.41) is 12.3. The number of aliphatic carboxylic acids is 1. The Kier molecular flexibility index (Phi) is 2.83. The molecule has 3 rings (SSSR count). The van der Waals surface area contributed by atoms with Gasteiger partial charge in [-0.3, -0.25) is 4.79 Å². The van der Waals surface area contributed by atoms with Gasteiger partial charge in [-0.25, -0.2) is 4.79 Å². The third-order valence-corrected chi connectivity index (χ3v) is 5.30. The third kappa shape index (κ3) is 1.82. The van der Waals surface area contributed by atoms with E-state index in [1.54, 1.807) is 0 Å². The first-order chi connectivity index (χ1) is 8.61. The van der Waals surface area contributed by atoms with Crippen molar-refractivity contribution in [2.24, 2.45) is 17.8 Å². The van der Waals surface area contributed by atoms with Crippen molar-refractivity contribution in [3.63, 3.8) is 0 Å². The number of hydrogen-bond acceptors (Lipinski definition) is 2. The standard InChI is InChI=1S/C14H21NO3/c16-12(11-8-9-3-4-10(11)7-9)15-14(13(17)18)5-1-2-6-14/h9-11H,1-8H2,(H,15,16)(H,17,18). The molecule has 3 saturated carbocycles. The second-order valence-corrected chi connectivity index (χ2v) is 6.36. The van der Waals surface area contributed by atoms with Gasteiger partial charge >= 0.3 is 5.97 Å². The highest BCUT2D eigenvalue weighted by Crippen LogP contribution is 2.48. The second-order valence-electron chi connectivity index (χ2n) is 6.36. The summed E-state index contributed by atoms with van der Waals surface area (Å²) in [6, 6.07) is 0. The van der Waals surface area contributed by atoms with Crippen molar-refractivity contribution in [3.8, 4) is 0 Å². The second kappa shape index (κ2) is 4.25. The quantitative estimate of drug-likeness (QED) is 0.805. The van der Waals surface area contributed by atoms with Crippen LogP contribution in [0.4, 0.5) is 0 Å². The molecule has 100 valence electrons. The largest absolute Gasteiger partial charge is 0.480 e. The van der Waals surface area contributed by atoms with Gasteiger partial charge in [-0.2, -0.15) is 0 Å². The summed E-state index contributed by atoms with van der Waals surface area (Å²) >= 11 is 0. The number of amides is 1. The average Bonchev–Trinajstić information content (AvgIpc) is 3.04. The summed E-state index contributed by atoms with van der Waals surface area (Å²) in [6.45, 7) is 0. The first-order valence-corrected chi connectivity index (χ1v) is 7.16. The summed E-state index contributed by atoms with van der Waals surface area (Å²) in [5.74, 6) is 0.473. The zero-order valence-corrected chi connectivity index (χ0v) is 10.7. The monoisotopic (exact) mass is 251 g/mol. The maximum atomic E-state index is 12.3. The highest BCUT2D eigenvalue weighted by molar-refractivity contribution is 5.88. The molecular formula is C14H21NO3. The first-order valence-electron chi connectivity index (χ1n) is 7.16. The summed E-state index contributed by atoms with van der Waals surface area (Å²) in [5.41, 5.74) is -0.959. The van der Waals surface area contributed by atoms with E-state index in [0.717, 1.165) is 31.6 Å². The molecule has 3 unspecified atom stereocenters. The van der Waals surface area contributed by atoms with Gasteiger partial charge in [0.2, 0.25) is 5.91 Å². The molecule has 3 aliphatic rings. The maximum Gasteiger partial charge on any atom is 0.329 e. The maximum absolute atomic E-state index is 12.3. The molecule has 1 amide bonds. The minimum absolute atomic E-state index is 0.00602. The normalized spacial score (nSPS) is 36.8. The molecule has 0 heterocycles. The van der Waals surface area contributed by atoms with Crippen molar-refractivity contribution in [2.45, 2.75) is 56.9 Å². The Labute approximate surface area is 107 Å². The fourth-order valence-corrected chi connectivity index (χ4v) is 4.27. The number of carboxylic acids is 1. The predicted molar refractivity (Wildman–Crippen MR) is 65.9 cm³/mol. The van der Waals surface area contributed by atoms with E-state index in [1.165, 1.54) is 12.8 Å². The molecule has 3 aliphatic carbocycles. The van der Waals surface area contributed by atoms with E-state index in [2.05, 4.69) is 5.32 Å². The molecule has 2 bridgehead atoms. The minimum Gasteiger partial charge on any atom is -0.480 e. The highest BCUT2D eigenvalue weighted by Gasteiger charge is 2.48. The zero-order valence-electron chi connectivity index (χ0n) is 10.7. The molecule has 4 heteroatoms. The molecule has 0 aliphatic heterocycles. The topological polar surface area (TPSA) is 66.4 Å². The van der Waals surface area contributed by atoms with Gasteiger partial charge in [-0.1, -0.05) is 19.3 Å². The smallest absolute Gasteiger partial charge is 0.329 e. The Morgan fingerprint density at radius 1 is 1.11 bits per heavy atom. The fraction of sp³-hybridized carbons (Fsp3) is 0.857. The highest BCUT2D eigenvalue weighted by atomic mass is 16.4. The van der Waals surface area contributed by atoms with Crippen LogP contribution in [0.25, 0.3) is 0 Å². The number of carboxylic acid groups (broad SMARTS) is 1. The molecule has 0 aromatic carbocycles. The summed E-state index contributed by atoms with van der Waals surface area (Å²) in [7, 11) is 0. The van der Waals surface area contributed by atoms with Crippen molar-refractivity contribution < 1.29 is 14.7 Å². The van der Waals surface area contributed by atoms with Crippen LogP contribution in [0.5, 0.6) is 0 Å². The number of fused-ring (bicyclic) bond motifs is 2. The van der Waals surface area contributed by atoms with Crippen LogP contribution < -0.4 is 5.32 Å². The third-order valence-electron chi connectivity index (χ3n) is 5.30. The van der Waals surface area contributed by atoms with Gasteiger partial charge in [0.05, 0.1) is 0 Å². The molecule has 0 aromatic heterocycles. The van der Waals surface area contributed by atoms with Crippen LogP contribution in [0.3, 0.4) is 0 Å². The van der Waals surface area contributed by atoms with Gasteiger partial charge in [0.25, 0.3) is 0 Å². The Bertz CT molecular complexity index is 373. The molecule has 0 aromatic rings. The molecule has 0 saturated heterocycles. The van der Waals surface area contributed by atoms with Crippen LogP contribution in [0, 0.1) is 17.8 Å². The van der Waals surface area contributed by atoms with Gasteiger partial charge in [-0.05, 0) is 43.9 Å². The molecule has 0 spiro atoms. The molecule has 4 nitrogen and oxygen atoms in total. The van der Waals surface area contributed by atoms with Gasteiger partial charge in [-0.15, -0.1) is 0 Å². The summed E-state index contributed by atoms with van der Waals surface area (Å²) < 4.78 is 0. The van der Waals surface area contributed by atoms with E-state index >= 15 is 0 Å². The average molecular weight is 251 g/mol. The van der Waals surface area contributed by atoms with Crippen LogP contribution in [0.1, 0.15) is 51.4 Å². The number of nitrogens with one attached hydrogen (secondary N) is 1. The first kappa shape index (κ1) is 12.0. The Morgan fingerprint density at radius 3 is 2.33 bits per heavy atom. The van der Waals surface area contributed by atoms with Crippen molar-refractivity contribution in [2.75, 3.05) is 0 Å². The van der Waals surface area contributed by atoms with Crippen LogP contribution >= 0.6 is 0 Å². The van der Waals surface area contributed by atoms with Crippen molar-refractivity contribution >= 4 is 11.9 Å². The summed E-state index contributed by atoms with van der Waals surface area (Å²) in [4.78, 5) is 23.7. The van der Waals surface area contributed by atoms with Gasteiger partial charge in [0.1, 0.15) is 5.54 Å². The summed E-state index contributed by atoms with van der Waals surface area (Å²) in [6.07, 6.45) is 7.57. The predicted octanol–water partition coefficient (Wildman–Crippen LogP) is 1.94. The van der Waals surface area contributed by atoms with Crippen molar-refractivity contribution in [3.05, 3.63) is 0 Å². The zero-order chi connectivity index (χ0) is 12.8. The van der Waals surface area contributed by atoms with Crippen LogP contribution in [-0.2, 0) is 9.59 Å². The lowest BCUT2D eigenvalue weighted by molar-refractivity contribution is -0.148. The van der Waals surface area contributed by atoms with E-state index in [1.807, 2.05) is 0 Å². The Balaban J connectivity index is 1.68. The van der Waals surface area contributed by atoms with Gasteiger partial charge in [0, 0.05) is 5.92 Å². The fourth-order valence-electron chi connectivity index (χ4n) is 4.27. The molecule has 18 heavy (non-hydrogen) atoms. The lowest BCUT2D eigenvalue weighted by Gasteiger charge is -2.29. The Morgan fingerprint density at radius 2 is 1.83 bits per heavy atom. The van der Waals surface area contributed by atoms with Crippen LogP contribution in [0.2, 0.25) is 0 Å². The van der Waals surface area contributed by atoms with E-state index < -0.39 is 11.5 Å². The van der Waals surface area contributed by atoms with Gasteiger partial charge < -0.3 is 10.4 Å². The van der Waals surface area contributed by atoms with E-state index in [-0.39, 0.29) is 11.8 Å².